The van der Waals surface area contributed by atoms with E-state index in [1.807, 2.05) is 18.2 Å². The number of carbonyl (C=O) groups is 1. The van der Waals surface area contributed by atoms with E-state index in [1.165, 1.54) is 24.3 Å². The summed E-state index contributed by atoms with van der Waals surface area (Å²) in [5.74, 6) is 0.691. The second-order valence-electron chi connectivity index (χ2n) is 6.91. The summed E-state index contributed by atoms with van der Waals surface area (Å²) >= 11 is 0. The normalized spacial score (nSPS) is 14.4. The Morgan fingerprint density at radius 3 is 2.45 bits per heavy atom. The van der Waals surface area contributed by atoms with Crippen LogP contribution < -0.4 is 15.0 Å². The zero-order valence-corrected chi connectivity index (χ0v) is 16.5. The summed E-state index contributed by atoms with van der Waals surface area (Å²) in [7, 11) is 1.69. The van der Waals surface area contributed by atoms with Gasteiger partial charge in [0.2, 0.25) is 0 Å². The number of carbonyl (C=O) groups excluding carboxylic acids is 1. The van der Waals surface area contributed by atoms with Crippen LogP contribution in [0.25, 0.3) is 0 Å². The van der Waals surface area contributed by atoms with Crippen LogP contribution in [0.15, 0.2) is 48.5 Å². The molecule has 154 valence electrons. The van der Waals surface area contributed by atoms with Crippen molar-refractivity contribution in [2.45, 2.75) is 6.42 Å². The predicted octanol–water partition coefficient (Wildman–Crippen LogP) is 2.55. The second kappa shape index (κ2) is 9.88. The zero-order valence-electron chi connectivity index (χ0n) is 16.5. The van der Waals surface area contributed by atoms with Crippen LogP contribution in [0.4, 0.5) is 11.4 Å². The summed E-state index contributed by atoms with van der Waals surface area (Å²) < 4.78 is 5.45. The molecule has 2 aromatic carbocycles. The third-order valence-electron chi connectivity index (χ3n) is 5.08. The molecule has 0 atom stereocenters. The van der Waals surface area contributed by atoms with Crippen LogP contribution in [-0.2, 0) is 0 Å². The van der Waals surface area contributed by atoms with Crippen molar-refractivity contribution in [1.82, 2.24) is 10.2 Å². The molecule has 0 saturated carbocycles. The smallest absolute Gasteiger partial charge is 0.269 e. The molecule has 1 aliphatic rings. The summed E-state index contributed by atoms with van der Waals surface area (Å²) in [6.45, 7) is 5.30. The van der Waals surface area contributed by atoms with Gasteiger partial charge in [-0.2, -0.15) is 0 Å². The first-order valence-electron chi connectivity index (χ1n) is 9.71. The number of para-hydroxylation sites is 2. The molecule has 1 amide bonds. The van der Waals surface area contributed by atoms with E-state index in [1.54, 1.807) is 7.11 Å². The maximum absolute atomic E-state index is 12.1. The Bertz CT molecular complexity index is 833. The minimum absolute atomic E-state index is 0.0196. The number of nitro benzene ring substituents is 1. The Labute approximate surface area is 170 Å². The van der Waals surface area contributed by atoms with E-state index in [2.05, 4.69) is 21.2 Å². The monoisotopic (exact) mass is 398 g/mol. The van der Waals surface area contributed by atoms with Crippen LogP contribution in [0.5, 0.6) is 5.75 Å². The van der Waals surface area contributed by atoms with Crippen molar-refractivity contribution < 1.29 is 14.5 Å². The lowest BCUT2D eigenvalue weighted by atomic mass is 10.2. The molecule has 0 aromatic heterocycles. The van der Waals surface area contributed by atoms with Gasteiger partial charge < -0.3 is 15.0 Å². The number of rotatable bonds is 8. The SMILES string of the molecule is COc1ccccc1N1CCN(CCCNC(=O)c2ccc([N+](=O)[O-])cc2)CC1. The molecule has 2 aromatic rings. The van der Waals surface area contributed by atoms with E-state index >= 15 is 0 Å². The molecule has 0 bridgehead atoms. The van der Waals surface area contributed by atoms with Gasteiger partial charge in [0.05, 0.1) is 17.7 Å². The standard InChI is InChI=1S/C21H26N4O4/c1-29-20-6-3-2-5-19(20)24-15-13-23(14-16-24)12-4-11-22-21(26)17-7-9-18(10-8-17)25(27)28/h2-3,5-10H,4,11-16H2,1H3,(H,22,26). The minimum atomic E-state index is -0.477. The Balaban J connectivity index is 1.37. The number of non-ortho nitro benzene ring substituents is 1. The van der Waals surface area contributed by atoms with E-state index in [0.29, 0.717) is 12.1 Å². The minimum Gasteiger partial charge on any atom is -0.495 e. The van der Waals surface area contributed by atoms with Crippen LogP contribution in [0.2, 0.25) is 0 Å². The third kappa shape index (κ3) is 5.45. The van der Waals surface area contributed by atoms with Crippen molar-refractivity contribution in [3.05, 3.63) is 64.2 Å². The highest BCUT2D eigenvalue weighted by atomic mass is 16.6. The summed E-state index contributed by atoms with van der Waals surface area (Å²) in [4.78, 5) is 27.0. The van der Waals surface area contributed by atoms with E-state index in [9.17, 15) is 14.9 Å². The lowest BCUT2D eigenvalue weighted by molar-refractivity contribution is -0.384. The van der Waals surface area contributed by atoms with Gasteiger partial charge in [-0.3, -0.25) is 19.8 Å². The summed E-state index contributed by atoms with van der Waals surface area (Å²) in [6.07, 6.45) is 0.855. The van der Waals surface area contributed by atoms with Gasteiger partial charge in [-0.1, -0.05) is 12.1 Å². The van der Waals surface area contributed by atoms with Crippen LogP contribution in [0, 0.1) is 10.1 Å². The molecule has 8 nitrogen and oxygen atoms in total. The van der Waals surface area contributed by atoms with Crippen molar-refractivity contribution in [2.75, 3.05) is 51.3 Å². The molecule has 1 N–H and O–H groups in total. The molecule has 0 aliphatic carbocycles. The summed E-state index contributed by atoms with van der Waals surface area (Å²) in [6, 6.07) is 13.7. The lowest BCUT2D eigenvalue weighted by Gasteiger charge is -2.36. The fourth-order valence-corrected chi connectivity index (χ4v) is 3.44. The first-order chi connectivity index (χ1) is 14.1. The molecule has 8 heteroatoms. The fourth-order valence-electron chi connectivity index (χ4n) is 3.44. The first-order valence-corrected chi connectivity index (χ1v) is 9.71. The molecule has 1 fully saturated rings. The molecule has 29 heavy (non-hydrogen) atoms. The molecular formula is C21H26N4O4. The lowest BCUT2D eigenvalue weighted by Crippen LogP contribution is -2.47. The largest absolute Gasteiger partial charge is 0.495 e. The fraction of sp³-hybridized carbons (Fsp3) is 0.381. The quantitative estimate of drug-likeness (QED) is 0.418. The topological polar surface area (TPSA) is 88.0 Å². The van der Waals surface area contributed by atoms with Gasteiger partial charge >= 0.3 is 0 Å². The molecule has 0 unspecified atom stereocenters. The number of methoxy groups -OCH3 is 1. The highest BCUT2D eigenvalue weighted by Gasteiger charge is 2.19. The molecule has 1 aliphatic heterocycles. The molecule has 0 radical (unpaired) electrons. The molecule has 0 spiro atoms. The number of piperazine rings is 1. The molecule has 3 rings (SSSR count). The number of nitrogens with one attached hydrogen (secondary N) is 1. The van der Waals surface area contributed by atoms with Gasteiger partial charge in [0.25, 0.3) is 11.6 Å². The average Bonchev–Trinajstić information content (AvgIpc) is 2.77. The molecular weight excluding hydrogens is 372 g/mol. The third-order valence-corrected chi connectivity index (χ3v) is 5.08. The van der Waals surface area contributed by atoms with Crippen molar-refractivity contribution in [2.24, 2.45) is 0 Å². The maximum Gasteiger partial charge on any atom is 0.269 e. The Kier molecular flexibility index (Phi) is 7.02. The van der Waals surface area contributed by atoms with Crippen LogP contribution in [-0.4, -0.2) is 62.1 Å². The number of hydrogen-bond acceptors (Lipinski definition) is 6. The van der Waals surface area contributed by atoms with E-state index in [-0.39, 0.29) is 11.6 Å². The number of benzene rings is 2. The Morgan fingerprint density at radius 1 is 1.10 bits per heavy atom. The maximum atomic E-state index is 12.1. The number of hydrogen-bond donors (Lipinski definition) is 1. The van der Waals surface area contributed by atoms with Gasteiger partial charge in [-0.05, 0) is 37.2 Å². The van der Waals surface area contributed by atoms with Crippen molar-refractivity contribution in [3.63, 3.8) is 0 Å². The summed E-state index contributed by atoms with van der Waals surface area (Å²) in [5.41, 5.74) is 1.54. The number of nitrogens with zero attached hydrogens (tertiary/aromatic N) is 3. The van der Waals surface area contributed by atoms with Gasteiger partial charge in [0, 0.05) is 50.4 Å². The van der Waals surface area contributed by atoms with Crippen molar-refractivity contribution in [1.29, 1.82) is 0 Å². The Morgan fingerprint density at radius 2 is 1.79 bits per heavy atom. The highest BCUT2D eigenvalue weighted by molar-refractivity contribution is 5.94. The molecule has 1 heterocycles. The Hall–Kier alpha value is -3.13. The van der Waals surface area contributed by atoms with Crippen molar-refractivity contribution >= 4 is 17.3 Å². The van der Waals surface area contributed by atoms with Crippen molar-refractivity contribution in [3.8, 4) is 5.75 Å². The first kappa shape index (κ1) is 20.6. The van der Waals surface area contributed by atoms with Gasteiger partial charge in [-0.15, -0.1) is 0 Å². The zero-order chi connectivity index (χ0) is 20.6. The average molecular weight is 398 g/mol. The molecule has 1 saturated heterocycles. The van der Waals surface area contributed by atoms with Crippen LogP contribution in [0.1, 0.15) is 16.8 Å². The summed E-state index contributed by atoms with van der Waals surface area (Å²) in [5, 5.41) is 13.5. The predicted molar refractivity (Wildman–Crippen MR) is 112 cm³/mol. The van der Waals surface area contributed by atoms with Gasteiger partial charge in [-0.25, -0.2) is 0 Å². The van der Waals surface area contributed by atoms with Crippen LogP contribution >= 0.6 is 0 Å². The second-order valence-corrected chi connectivity index (χ2v) is 6.91. The highest BCUT2D eigenvalue weighted by Crippen LogP contribution is 2.28. The van der Waals surface area contributed by atoms with Gasteiger partial charge in [0.15, 0.2) is 0 Å². The van der Waals surface area contributed by atoms with Gasteiger partial charge in [0.1, 0.15) is 5.75 Å². The van der Waals surface area contributed by atoms with Crippen LogP contribution in [0.3, 0.4) is 0 Å². The number of ether oxygens (including phenoxy) is 1. The van der Waals surface area contributed by atoms with E-state index in [0.717, 1.165) is 50.6 Å². The number of nitro groups is 1. The van der Waals surface area contributed by atoms with E-state index < -0.39 is 4.92 Å². The number of amides is 1. The number of anilines is 1. The van der Waals surface area contributed by atoms with E-state index in [4.69, 9.17) is 4.74 Å².